The first-order valence-electron chi connectivity index (χ1n) is 8.02. The first-order chi connectivity index (χ1) is 10.2. The minimum absolute atomic E-state index is 0.0789. The predicted molar refractivity (Wildman–Crippen MR) is 87.0 cm³/mol. The van der Waals surface area contributed by atoms with E-state index in [1.165, 1.54) is 0 Å². The Balaban J connectivity index is 3.15. The summed E-state index contributed by atoms with van der Waals surface area (Å²) in [6.07, 6.45) is 8.73. The van der Waals surface area contributed by atoms with Crippen molar-refractivity contribution in [2.24, 2.45) is 5.41 Å². The summed E-state index contributed by atoms with van der Waals surface area (Å²) in [6, 6.07) is 2.38. The molecule has 1 aliphatic carbocycles. The molecule has 0 heterocycles. The van der Waals surface area contributed by atoms with Crippen LogP contribution in [0, 0.1) is 16.7 Å². The predicted octanol–water partition coefficient (Wildman–Crippen LogP) is 4.33. The van der Waals surface area contributed by atoms with Crippen LogP contribution in [0.25, 0.3) is 0 Å². The lowest BCUT2D eigenvalue weighted by molar-refractivity contribution is -0.415. The second-order valence-electron chi connectivity index (χ2n) is 6.55. The molecule has 0 fully saturated rings. The van der Waals surface area contributed by atoms with Crippen LogP contribution in [0.3, 0.4) is 0 Å². The van der Waals surface area contributed by atoms with E-state index in [-0.39, 0.29) is 18.3 Å². The van der Waals surface area contributed by atoms with Gasteiger partial charge in [0.25, 0.3) is 5.97 Å². The highest BCUT2D eigenvalue weighted by Crippen LogP contribution is 2.39. The van der Waals surface area contributed by atoms with Gasteiger partial charge in [-0.15, -0.1) is 0 Å². The molecule has 0 atom stereocenters. The van der Waals surface area contributed by atoms with Gasteiger partial charge in [-0.1, -0.05) is 24.3 Å². The number of hydrogen-bond donors (Lipinski definition) is 0. The van der Waals surface area contributed by atoms with Gasteiger partial charge in [0.05, 0.1) is 30.8 Å². The molecule has 1 aliphatic rings. The fraction of sp³-hybridized carbons (Fsp3) is 0.722. The molecule has 22 heavy (non-hydrogen) atoms. The molecular formula is C18H29NO3. The molecule has 4 heteroatoms. The molecule has 0 saturated carbocycles. The Kier molecular flexibility index (Phi) is 6.80. The van der Waals surface area contributed by atoms with Crippen molar-refractivity contribution in [3.05, 3.63) is 24.3 Å². The van der Waals surface area contributed by atoms with Crippen LogP contribution in [0.5, 0.6) is 0 Å². The number of rotatable bonds is 8. The van der Waals surface area contributed by atoms with Gasteiger partial charge in [-0.3, -0.25) is 0 Å². The first kappa shape index (κ1) is 18.9. The van der Waals surface area contributed by atoms with Crippen molar-refractivity contribution in [1.29, 1.82) is 5.26 Å². The van der Waals surface area contributed by atoms with Crippen molar-refractivity contribution in [1.82, 2.24) is 0 Å². The molecule has 0 aromatic heterocycles. The van der Waals surface area contributed by atoms with Crippen LogP contribution in [0.1, 0.15) is 54.4 Å². The summed E-state index contributed by atoms with van der Waals surface area (Å²) in [5.41, 5.74) is -0.767. The van der Waals surface area contributed by atoms with Crippen molar-refractivity contribution < 1.29 is 14.2 Å². The Labute approximate surface area is 134 Å². The Morgan fingerprint density at radius 2 is 1.36 bits per heavy atom. The van der Waals surface area contributed by atoms with Gasteiger partial charge in [0.2, 0.25) is 0 Å². The highest BCUT2D eigenvalue weighted by molar-refractivity contribution is 5.27. The number of allylic oxidation sites excluding steroid dienone is 4. The molecule has 0 aliphatic heterocycles. The lowest BCUT2D eigenvalue weighted by Gasteiger charge is -2.41. The SMILES string of the molecule is CC(C)OC(CC1(C#N)C=CCC=C1)(OC(C)C)OC(C)C. The topological polar surface area (TPSA) is 51.5 Å². The van der Waals surface area contributed by atoms with Gasteiger partial charge in [0.15, 0.2) is 0 Å². The molecule has 0 aromatic carbocycles. The summed E-state index contributed by atoms with van der Waals surface area (Å²) in [5, 5.41) is 9.69. The van der Waals surface area contributed by atoms with Crippen LogP contribution < -0.4 is 0 Å². The van der Waals surface area contributed by atoms with E-state index in [9.17, 15) is 5.26 Å². The highest BCUT2D eigenvalue weighted by Gasteiger charge is 2.45. The summed E-state index contributed by atoms with van der Waals surface area (Å²) in [4.78, 5) is 0. The summed E-state index contributed by atoms with van der Waals surface area (Å²) in [5.74, 6) is -1.24. The largest absolute Gasteiger partial charge is 0.325 e. The average Bonchev–Trinajstić information content (AvgIpc) is 2.36. The normalized spacial score (nSPS) is 17.5. The molecule has 0 spiro atoms. The minimum atomic E-state index is -1.24. The third kappa shape index (κ3) is 5.57. The second-order valence-corrected chi connectivity index (χ2v) is 6.55. The van der Waals surface area contributed by atoms with E-state index >= 15 is 0 Å². The van der Waals surface area contributed by atoms with Crippen molar-refractivity contribution in [3.63, 3.8) is 0 Å². The first-order valence-corrected chi connectivity index (χ1v) is 8.02. The van der Waals surface area contributed by atoms with Crippen molar-refractivity contribution in [2.75, 3.05) is 0 Å². The van der Waals surface area contributed by atoms with E-state index in [2.05, 4.69) is 6.07 Å². The molecular weight excluding hydrogens is 278 g/mol. The number of ether oxygens (including phenoxy) is 3. The van der Waals surface area contributed by atoms with Crippen LogP contribution in [-0.4, -0.2) is 24.3 Å². The van der Waals surface area contributed by atoms with Gasteiger partial charge in [0, 0.05) is 0 Å². The van der Waals surface area contributed by atoms with E-state index < -0.39 is 11.4 Å². The summed E-state index contributed by atoms with van der Waals surface area (Å²) in [6.45, 7) is 11.6. The van der Waals surface area contributed by atoms with Gasteiger partial charge in [-0.05, 0) is 48.0 Å². The molecule has 0 unspecified atom stereocenters. The summed E-state index contributed by atoms with van der Waals surface area (Å²) < 4.78 is 18.1. The van der Waals surface area contributed by atoms with E-state index in [1.807, 2.05) is 65.8 Å². The van der Waals surface area contributed by atoms with Crippen LogP contribution in [0.4, 0.5) is 0 Å². The molecule has 0 aromatic rings. The Morgan fingerprint density at radius 1 is 0.955 bits per heavy atom. The summed E-state index contributed by atoms with van der Waals surface area (Å²) >= 11 is 0. The van der Waals surface area contributed by atoms with Crippen molar-refractivity contribution >= 4 is 0 Å². The fourth-order valence-electron chi connectivity index (χ4n) is 2.57. The minimum Gasteiger partial charge on any atom is -0.325 e. The maximum atomic E-state index is 9.69. The lowest BCUT2D eigenvalue weighted by atomic mass is 9.81. The molecule has 1 rings (SSSR count). The standard InChI is InChI=1S/C18H29NO3/c1-14(2)20-18(21-15(3)4,22-16(5)6)12-17(13-19)10-8-7-9-11-17/h8-11,14-16H,7,12H2,1-6H3. The third-order valence-corrected chi connectivity index (χ3v) is 3.07. The smallest absolute Gasteiger partial charge is 0.285 e. The Bertz CT molecular complexity index is 405. The van der Waals surface area contributed by atoms with Gasteiger partial charge >= 0.3 is 0 Å². The Hall–Kier alpha value is -1.15. The Morgan fingerprint density at radius 3 is 1.68 bits per heavy atom. The van der Waals surface area contributed by atoms with Crippen LogP contribution in [0.15, 0.2) is 24.3 Å². The monoisotopic (exact) mass is 307 g/mol. The van der Waals surface area contributed by atoms with Gasteiger partial charge in [-0.25, -0.2) is 0 Å². The summed E-state index contributed by atoms with van der Waals surface area (Å²) in [7, 11) is 0. The number of nitrogens with zero attached hydrogens (tertiary/aromatic N) is 1. The van der Waals surface area contributed by atoms with E-state index in [1.54, 1.807) is 0 Å². The number of hydrogen-bond acceptors (Lipinski definition) is 4. The zero-order valence-corrected chi connectivity index (χ0v) is 14.6. The molecule has 124 valence electrons. The van der Waals surface area contributed by atoms with Crippen LogP contribution in [-0.2, 0) is 14.2 Å². The van der Waals surface area contributed by atoms with Gasteiger partial charge < -0.3 is 14.2 Å². The quantitative estimate of drug-likeness (QED) is 0.494. The van der Waals surface area contributed by atoms with Gasteiger partial charge in [0.1, 0.15) is 5.41 Å². The van der Waals surface area contributed by atoms with Crippen LogP contribution >= 0.6 is 0 Å². The maximum Gasteiger partial charge on any atom is 0.285 e. The fourth-order valence-corrected chi connectivity index (χ4v) is 2.57. The average molecular weight is 307 g/mol. The van der Waals surface area contributed by atoms with Crippen molar-refractivity contribution in [2.45, 2.75) is 78.7 Å². The molecule has 0 N–H and O–H groups in total. The molecule has 0 saturated heterocycles. The zero-order valence-electron chi connectivity index (χ0n) is 14.6. The molecule has 4 nitrogen and oxygen atoms in total. The van der Waals surface area contributed by atoms with E-state index in [4.69, 9.17) is 14.2 Å². The molecule has 0 amide bonds. The maximum absolute atomic E-state index is 9.69. The highest BCUT2D eigenvalue weighted by atomic mass is 16.9. The third-order valence-electron chi connectivity index (χ3n) is 3.07. The van der Waals surface area contributed by atoms with E-state index in [0.717, 1.165) is 6.42 Å². The second kappa shape index (κ2) is 7.92. The number of nitriles is 1. The van der Waals surface area contributed by atoms with E-state index in [0.29, 0.717) is 6.42 Å². The molecule has 0 radical (unpaired) electrons. The van der Waals surface area contributed by atoms with Crippen LogP contribution in [0.2, 0.25) is 0 Å². The van der Waals surface area contributed by atoms with Gasteiger partial charge in [-0.2, -0.15) is 5.26 Å². The zero-order chi connectivity index (χ0) is 16.8. The lowest BCUT2D eigenvalue weighted by Crippen LogP contribution is -2.48. The van der Waals surface area contributed by atoms with Crippen molar-refractivity contribution in [3.8, 4) is 6.07 Å². The molecule has 0 bridgehead atoms.